The molecule has 2 aromatic heterocycles. The highest BCUT2D eigenvalue weighted by Crippen LogP contribution is 2.44. The summed E-state index contributed by atoms with van der Waals surface area (Å²) in [6.45, 7) is 2.09. The highest BCUT2D eigenvalue weighted by atomic mass is 32.2. The lowest BCUT2D eigenvalue weighted by molar-refractivity contribution is -0.156. The van der Waals surface area contributed by atoms with Crippen LogP contribution in [0.5, 0.6) is 0 Å². The minimum atomic E-state index is -1.25. The van der Waals surface area contributed by atoms with Crippen LogP contribution < -0.4 is 15.6 Å². The number of carbonyl (C=O) groups is 3. The zero-order chi connectivity index (χ0) is 28.6. The van der Waals surface area contributed by atoms with Gasteiger partial charge in [-0.05, 0) is 54.3 Å². The van der Waals surface area contributed by atoms with Crippen molar-refractivity contribution in [2.24, 2.45) is 5.41 Å². The van der Waals surface area contributed by atoms with E-state index in [1.54, 1.807) is 22.5 Å². The number of carboxylic acid groups (broad SMARTS) is 1. The molecule has 3 aliphatic heterocycles. The van der Waals surface area contributed by atoms with Gasteiger partial charge in [-0.25, -0.2) is 0 Å². The van der Waals surface area contributed by atoms with Gasteiger partial charge in [-0.3, -0.25) is 19.2 Å². The van der Waals surface area contributed by atoms with E-state index in [1.165, 1.54) is 65.5 Å². The van der Waals surface area contributed by atoms with Crippen molar-refractivity contribution in [3.05, 3.63) is 68.4 Å². The van der Waals surface area contributed by atoms with Gasteiger partial charge in [0.25, 0.3) is 0 Å². The molecule has 0 aliphatic carbocycles. The Balaban J connectivity index is 1.12. The molecule has 3 aliphatic rings. The Morgan fingerprint density at radius 3 is 2.73 bits per heavy atom. The third-order valence-corrected chi connectivity index (χ3v) is 12.2. The quantitative estimate of drug-likeness (QED) is 0.275. The van der Waals surface area contributed by atoms with E-state index < -0.39 is 17.4 Å². The van der Waals surface area contributed by atoms with Crippen LogP contribution in [-0.4, -0.2) is 64.6 Å². The Hall–Kier alpha value is -2.80. The number of amides is 2. The van der Waals surface area contributed by atoms with Crippen molar-refractivity contribution in [1.29, 1.82) is 0 Å². The highest BCUT2D eigenvalue weighted by Gasteiger charge is 2.56. The molecule has 8 nitrogen and oxygen atoms in total. The Bertz CT molecular complexity index is 1570. The molecule has 6 rings (SSSR count). The van der Waals surface area contributed by atoms with Gasteiger partial charge in [0, 0.05) is 52.1 Å². The van der Waals surface area contributed by atoms with Crippen LogP contribution in [0.1, 0.15) is 24.1 Å². The number of β-lactam (4-membered cyclic amide) rings is 1. The van der Waals surface area contributed by atoms with Crippen LogP contribution in [0, 0.1) is 5.41 Å². The number of hydrogen-bond acceptors (Lipinski definition) is 9. The van der Waals surface area contributed by atoms with Crippen molar-refractivity contribution < 1.29 is 19.5 Å². The molecule has 3 aromatic rings. The summed E-state index contributed by atoms with van der Waals surface area (Å²) in [7, 11) is 0. The van der Waals surface area contributed by atoms with Crippen molar-refractivity contribution in [3.63, 3.8) is 0 Å². The summed E-state index contributed by atoms with van der Waals surface area (Å²) in [5.74, 6) is -1.20. The van der Waals surface area contributed by atoms with Crippen molar-refractivity contribution in [2.45, 2.75) is 41.3 Å². The molecule has 0 bridgehead atoms. The molecule has 1 aromatic carbocycles. The molecule has 3 saturated heterocycles. The normalized spacial score (nSPS) is 24.3. The van der Waals surface area contributed by atoms with Gasteiger partial charge < -0.3 is 20.2 Å². The summed E-state index contributed by atoms with van der Waals surface area (Å²) in [6, 6.07) is 10.7. The van der Waals surface area contributed by atoms with Gasteiger partial charge in [-0.2, -0.15) is 0 Å². The van der Waals surface area contributed by atoms with Gasteiger partial charge in [0.1, 0.15) is 16.8 Å². The fraction of sp³-hybridized carbons (Fsp3) is 0.379. The SMILES string of the molecule is O=C(Cc1cccs1)NC1C(=O)N2CC(C=CSc3cc(=O)c4ccc(N5CCCCC5)cc4s3)(C(=O)O)CS[C@H]12. The summed E-state index contributed by atoms with van der Waals surface area (Å²) < 4.78 is 1.70. The fourth-order valence-electron chi connectivity index (χ4n) is 5.45. The van der Waals surface area contributed by atoms with Gasteiger partial charge in [-0.15, -0.1) is 34.4 Å². The smallest absolute Gasteiger partial charge is 0.316 e. The van der Waals surface area contributed by atoms with Crippen molar-refractivity contribution in [1.82, 2.24) is 10.2 Å². The lowest BCUT2D eigenvalue weighted by Crippen LogP contribution is -2.73. The molecule has 12 heteroatoms. The number of fused-ring (bicyclic) bond motifs is 2. The van der Waals surface area contributed by atoms with Crippen molar-refractivity contribution in [3.8, 4) is 0 Å². The largest absolute Gasteiger partial charge is 0.481 e. The lowest BCUT2D eigenvalue weighted by Gasteiger charge is -2.53. The van der Waals surface area contributed by atoms with Crippen LogP contribution in [0.25, 0.3) is 10.1 Å². The Kier molecular flexibility index (Phi) is 8.17. The van der Waals surface area contributed by atoms with Crippen LogP contribution in [0.3, 0.4) is 0 Å². The maximum atomic E-state index is 12.9. The van der Waals surface area contributed by atoms with E-state index in [2.05, 4.69) is 16.3 Å². The average Bonchev–Trinajstić information content (AvgIpc) is 3.49. The summed E-state index contributed by atoms with van der Waals surface area (Å²) in [5.41, 5.74) is -0.175. The Morgan fingerprint density at radius 1 is 1.15 bits per heavy atom. The first kappa shape index (κ1) is 28.3. The molecular weight excluding hydrogens is 599 g/mol. The molecule has 0 saturated carbocycles. The van der Waals surface area contributed by atoms with Crippen LogP contribution >= 0.6 is 46.2 Å². The number of nitrogens with one attached hydrogen (secondary N) is 1. The first-order valence-electron chi connectivity index (χ1n) is 13.5. The number of aliphatic carboxylic acids is 1. The standard InChI is InChI=1S/C29H29N3O5S4/c33-21-15-24(41-22-13-18(6-7-20(21)22)31-9-2-1-3-10-31)39-12-8-29(28(36)37)16-32-26(35)25(27(32)40-17-29)30-23(34)14-19-5-4-11-38-19/h4-8,11-13,15,25,27H,1-3,9-10,14,16-17H2,(H,30,34)(H,36,37)/t25?,27-,29?/m1/s1. The maximum Gasteiger partial charge on any atom is 0.316 e. The Morgan fingerprint density at radius 2 is 1.98 bits per heavy atom. The zero-order valence-electron chi connectivity index (χ0n) is 22.1. The zero-order valence-corrected chi connectivity index (χ0v) is 25.4. The number of benzene rings is 1. The molecule has 3 fully saturated rings. The average molecular weight is 628 g/mol. The molecule has 0 spiro atoms. The lowest BCUT2D eigenvalue weighted by atomic mass is 9.87. The van der Waals surface area contributed by atoms with E-state index in [0.29, 0.717) is 5.39 Å². The second kappa shape index (κ2) is 11.8. The third kappa shape index (κ3) is 5.79. The van der Waals surface area contributed by atoms with E-state index >= 15 is 0 Å². The molecule has 41 heavy (non-hydrogen) atoms. The number of carbonyl (C=O) groups excluding carboxylic acids is 2. The number of anilines is 1. The highest BCUT2D eigenvalue weighted by molar-refractivity contribution is 8.04. The molecule has 2 amide bonds. The molecule has 2 unspecified atom stereocenters. The number of hydrogen-bond donors (Lipinski definition) is 2. The monoisotopic (exact) mass is 627 g/mol. The number of rotatable bonds is 8. The summed E-state index contributed by atoms with van der Waals surface area (Å²) in [4.78, 5) is 55.4. The molecule has 0 radical (unpaired) electrons. The third-order valence-electron chi connectivity index (χ3n) is 7.75. The van der Waals surface area contributed by atoms with Gasteiger partial charge in [0.2, 0.25) is 11.8 Å². The minimum Gasteiger partial charge on any atom is -0.481 e. The first-order chi connectivity index (χ1) is 19.8. The van der Waals surface area contributed by atoms with E-state index in [-0.39, 0.29) is 41.3 Å². The van der Waals surface area contributed by atoms with Crippen LogP contribution in [0.2, 0.25) is 0 Å². The summed E-state index contributed by atoms with van der Waals surface area (Å²) in [5, 5.41) is 17.0. The van der Waals surface area contributed by atoms with E-state index in [4.69, 9.17) is 0 Å². The first-order valence-corrected chi connectivity index (χ1v) is 17.1. The summed E-state index contributed by atoms with van der Waals surface area (Å²) >= 11 is 5.71. The maximum absolute atomic E-state index is 12.9. The van der Waals surface area contributed by atoms with Crippen LogP contribution in [0.15, 0.2) is 62.3 Å². The number of thioether (sulfide) groups is 2. The second-order valence-corrected chi connectivity index (χ2v) is 14.9. The number of piperidine rings is 1. The van der Waals surface area contributed by atoms with Gasteiger partial charge >= 0.3 is 5.97 Å². The number of carboxylic acids is 1. The predicted octanol–water partition coefficient (Wildman–Crippen LogP) is 4.63. The van der Waals surface area contributed by atoms with Gasteiger partial charge in [0.15, 0.2) is 5.43 Å². The van der Waals surface area contributed by atoms with E-state index in [9.17, 15) is 24.3 Å². The van der Waals surface area contributed by atoms with Crippen molar-refractivity contribution >= 4 is 79.8 Å². The molecule has 214 valence electrons. The fourth-order valence-corrected chi connectivity index (χ4v) is 9.78. The topological polar surface area (TPSA) is 107 Å². The van der Waals surface area contributed by atoms with Gasteiger partial charge in [0.05, 0.1) is 10.6 Å². The molecule has 5 heterocycles. The van der Waals surface area contributed by atoms with Crippen molar-refractivity contribution in [2.75, 3.05) is 30.3 Å². The Labute approximate surface area is 253 Å². The van der Waals surface area contributed by atoms with Crippen LogP contribution in [0.4, 0.5) is 5.69 Å². The molecule has 3 atom stereocenters. The predicted molar refractivity (Wildman–Crippen MR) is 167 cm³/mol. The summed E-state index contributed by atoms with van der Waals surface area (Å²) in [6.07, 6.45) is 5.46. The number of thiophene rings is 1. The minimum absolute atomic E-state index is 0.0420. The molecular formula is C29H29N3O5S4. The molecule has 2 N–H and O–H groups in total. The van der Waals surface area contributed by atoms with Crippen LogP contribution in [-0.2, 0) is 20.8 Å². The second-order valence-electron chi connectivity index (χ2n) is 10.5. The van der Waals surface area contributed by atoms with E-state index in [0.717, 1.165) is 32.6 Å². The van der Waals surface area contributed by atoms with Gasteiger partial charge in [-0.1, -0.05) is 23.9 Å². The van der Waals surface area contributed by atoms with E-state index in [1.807, 2.05) is 29.6 Å². The number of nitrogens with zero attached hydrogens (tertiary/aromatic N) is 2.